The van der Waals surface area contributed by atoms with Crippen LogP contribution in [0.5, 0.6) is 0 Å². The third kappa shape index (κ3) is 22.4. The fourth-order valence-electron chi connectivity index (χ4n) is 0.542. The van der Waals surface area contributed by atoms with Crippen molar-refractivity contribution in [3.05, 3.63) is 74.9 Å². The highest BCUT2D eigenvalue weighted by Crippen LogP contribution is 1.81. The van der Waals surface area contributed by atoms with Gasteiger partial charge in [0.1, 0.15) is 0 Å². The van der Waals surface area contributed by atoms with Crippen molar-refractivity contribution >= 4 is 0 Å². The predicted octanol–water partition coefficient (Wildman–Crippen LogP) is 4.61. The second kappa shape index (κ2) is 17.5. The van der Waals surface area contributed by atoms with Crippen LogP contribution < -0.4 is 0 Å². The maximum atomic E-state index is 3.55. The summed E-state index contributed by atoms with van der Waals surface area (Å²) in [5.41, 5.74) is 0. The van der Waals surface area contributed by atoms with Crippen molar-refractivity contribution < 1.29 is 0 Å². The Labute approximate surface area is 88.4 Å². The number of hydrogen-bond acceptors (Lipinski definition) is 0. The zero-order valence-corrected chi connectivity index (χ0v) is 8.86. The summed E-state index contributed by atoms with van der Waals surface area (Å²) in [5.74, 6) is 0. The second-order valence-electron chi connectivity index (χ2n) is 2.38. The Morgan fingerprint density at radius 3 is 1.21 bits per heavy atom. The Bertz CT molecular complexity index is 180. The van der Waals surface area contributed by atoms with Crippen LogP contribution in [0.3, 0.4) is 0 Å². The molecule has 0 heterocycles. The van der Waals surface area contributed by atoms with E-state index in [0.717, 1.165) is 12.8 Å². The van der Waals surface area contributed by atoms with Crippen LogP contribution in [0, 0.1) is 0 Å². The molecule has 0 aromatic carbocycles. The SMILES string of the molecule is C=C/C=C/CC=C.C=C/C=C/CC=C. The van der Waals surface area contributed by atoms with E-state index in [-0.39, 0.29) is 0 Å². The Balaban J connectivity index is 0. The molecule has 0 spiro atoms. The summed E-state index contributed by atoms with van der Waals surface area (Å²) in [4.78, 5) is 0. The maximum absolute atomic E-state index is 3.55. The molecule has 14 heavy (non-hydrogen) atoms. The van der Waals surface area contributed by atoms with E-state index in [2.05, 4.69) is 26.3 Å². The van der Waals surface area contributed by atoms with Crippen LogP contribution >= 0.6 is 0 Å². The van der Waals surface area contributed by atoms with Crippen LogP contribution in [-0.4, -0.2) is 0 Å². The highest BCUT2D eigenvalue weighted by Gasteiger charge is 1.60. The van der Waals surface area contributed by atoms with Gasteiger partial charge in [-0.05, 0) is 12.8 Å². The predicted molar refractivity (Wildman–Crippen MR) is 68.3 cm³/mol. The van der Waals surface area contributed by atoms with Gasteiger partial charge in [0, 0.05) is 0 Å². The van der Waals surface area contributed by atoms with Crippen LogP contribution in [0.25, 0.3) is 0 Å². The molecule has 0 N–H and O–H groups in total. The van der Waals surface area contributed by atoms with Crippen molar-refractivity contribution in [2.75, 3.05) is 0 Å². The Kier molecular flexibility index (Phi) is 18.7. The number of hydrogen-bond donors (Lipinski definition) is 0. The molecule has 0 saturated carbocycles. The average Bonchev–Trinajstić information content (AvgIpc) is 2.21. The molecule has 0 aliphatic heterocycles. The van der Waals surface area contributed by atoms with E-state index in [0.29, 0.717) is 0 Å². The van der Waals surface area contributed by atoms with E-state index in [1.54, 1.807) is 12.2 Å². The Hall–Kier alpha value is -1.56. The van der Waals surface area contributed by atoms with Gasteiger partial charge in [-0.25, -0.2) is 0 Å². The molecule has 0 bridgehead atoms. The zero-order valence-electron chi connectivity index (χ0n) is 8.86. The fraction of sp³-hybridized carbons (Fsp3) is 0.143. The van der Waals surface area contributed by atoms with Crippen molar-refractivity contribution in [2.45, 2.75) is 12.8 Å². The van der Waals surface area contributed by atoms with Crippen molar-refractivity contribution in [1.82, 2.24) is 0 Å². The van der Waals surface area contributed by atoms with Gasteiger partial charge in [-0.15, -0.1) is 13.2 Å². The summed E-state index contributed by atoms with van der Waals surface area (Å²) in [6.45, 7) is 14.1. The third-order valence-corrected chi connectivity index (χ3v) is 1.15. The Morgan fingerprint density at radius 1 is 0.643 bits per heavy atom. The van der Waals surface area contributed by atoms with Crippen molar-refractivity contribution in [2.24, 2.45) is 0 Å². The topological polar surface area (TPSA) is 0 Å². The van der Waals surface area contributed by atoms with Gasteiger partial charge in [0.2, 0.25) is 0 Å². The van der Waals surface area contributed by atoms with E-state index >= 15 is 0 Å². The van der Waals surface area contributed by atoms with Gasteiger partial charge in [-0.3, -0.25) is 0 Å². The molecule has 0 aliphatic rings. The molecule has 0 aliphatic carbocycles. The summed E-state index contributed by atoms with van der Waals surface area (Å²) < 4.78 is 0. The number of rotatable bonds is 6. The second-order valence-corrected chi connectivity index (χ2v) is 2.38. The van der Waals surface area contributed by atoms with Crippen LogP contribution in [-0.2, 0) is 0 Å². The first-order chi connectivity index (χ1) is 6.83. The first-order valence-electron chi connectivity index (χ1n) is 4.60. The molecule has 76 valence electrons. The first-order valence-corrected chi connectivity index (χ1v) is 4.60. The molecule has 0 radical (unpaired) electrons. The average molecular weight is 188 g/mol. The van der Waals surface area contributed by atoms with Gasteiger partial charge in [0.25, 0.3) is 0 Å². The molecule has 0 aromatic rings. The summed E-state index contributed by atoms with van der Waals surface area (Å²) in [6.07, 6.45) is 16.9. The lowest BCUT2D eigenvalue weighted by molar-refractivity contribution is 1.41. The number of allylic oxidation sites excluding steroid dienone is 8. The molecule has 0 nitrogen and oxygen atoms in total. The normalized spacial score (nSPS) is 9.14. The minimum Gasteiger partial charge on any atom is -0.103 e. The summed E-state index contributed by atoms with van der Waals surface area (Å²) in [5, 5.41) is 0. The molecule has 0 rings (SSSR count). The Morgan fingerprint density at radius 2 is 1.00 bits per heavy atom. The lowest BCUT2D eigenvalue weighted by atomic mass is 10.4. The van der Waals surface area contributed by atoms with Crippen molar-refractivity contribution in [1.29, 1.82) is 0 Å². The third-order valence-electron chi connectivity index (χ3n) is 1.15. The lowest BCUT2D eigenvalue weighted by Crippen LogP contribution is -1.50. The molecular formula is C14H20. The monoisotopic (exact) mass is 188 g/mol. The molecule has 0 heteroatoms. The smallest absolute Gasteiger partial charge is 0.0169 e. The minimum atomic E-state index is 0.937. The molecule has 0 amide bonds. The van der Waals surface area contributed by atoms with Crippen molar-refractivity contribution in [3.8, 4) is 0 Å². The van der Waals surface area contributed by atoms with Gasteiger partial charge in [-0.1, -0.05) is 61.8 Å². The summed E-state index contributed by atoms with van der Waals surface area (Å²) >= 11 is 0. The largest absolute Gasteiger partial charge is 0.103 e. The van der Waals surface area contributed by atoms with Gasteiger partial charge in [-0.2, -0.15) is 0 Å². The standard InChI is InChI=1S/2C7H10/c2*1-3-5-7-6-4-2/h2*3-5,7H,1-2,6H2/b2*7-5+. The summed E-state index contributed by atoms with van der Waals surface area (Å²) in [7, 11) is 0. The van der Waals surface area contributed by atoms with E-state index < -0.39 is 0 Å². The molecule has 0 atom stereocenters. The highest BCUT2D eigenvalue weighted by molar-refractivity contribution is 4.99. The molecule has 0 aromatic heterocycles. The highest BCUT2D eigenvalue weighted by atomic mass is 13.7. The molecule has 0 unspecified atom stereocenters. The fourth-order valence-corrected chi connectivity index (χ4v) is 0.542. The first kappa shape index (κ1) is 14.9. The quantitative estimate of drug-likeness (QED) is 0.422. The van der Waals surface area contributed by atoms with Gasteiger partial charge >= 0.3 is 0 Å². The van der Waals surface area contributed by atoms with Gasteiger partial charge in [0.15, 0.2) is 0 Å². The lowest BCUT2D eigenvalue weighted by Gasteiger charge is -1.71. The molecule has 0 fully saturated rings. The van der Waals surface area contributed by atoms with Gasteiger partial charge < -0.3 is 0 Å². The van der Waals surface area contributed by atoms with Crippen LogP contribution in [0.15, 0.2) is 74.9 Å². The molecule has 0 saturated heterocycles. The van der Waals surface area contributed by atoms with Crippen LogP contribution in [0.4, 0.5) is 0 Å². The van der Waals surface area contributed by atoms with E-state index in [4.69, 9.17) is 0 Å². The maximum Gasteiger partial charge on any atom is -0.0169 e. The molecular weight excluding hydrogens is 168 g/mol. The zero-order chi connectivity index (χ0) is 11.1. The minimum absolute atomic E-state index is 0.937. The van der Waals surface area contributed by atoms with Crippen LogP contribution in [0.2, 0.25) is 0 Å². The summed E-state index contributed by atoms with van der Waals surface area (Å²) in [6, 6.07) is 0. The van der Waals surface area contributed by atoms with E-state index in [9.17, 15) is 0 Å². The van der Waals surface area contributed by atoms with E-state index in [1.165, 1.54) is 0 Å². The van der Waals surface area contributed by atoms with E-state index in [1.807, 2.05) is 36.5 Å². The van der Waals surface area contributed by atoms with Crippen molar-refractivity contribution in [3.63, 3.8) is 0 Å². The van der Waals surface area contributed by atoms with Gasteiger partial charge in [0.05, 0.1) is 0 Å². The van der Waals surface area contributed by atoms with Crippen LogP contribution in [0.1, 0.15) is 12.8 Å².